The first-order chi connectivity index (χ1) is 11.2. The Balaban J connectivity index is 1.69. The van der Waals surface area contributed by atoms with Crippen molar-refractivity contribution in [1.29, 1.82) is 0 Å². The molecule has 1 N–H and O–H groups in total. The van der Waals surface area contributed by atoms with Crippen LogP contribution in [0.2, 0.25) is 0 Å². The van der Waals surface area contributed by atoms with Crippen molar-refractivity contribution in [3.8, 4) is 17.2 Å². The smallest absolute Gasteiger partial charge is 0.265 e. The maximum absolute atomic E-state index is 12.4. The Morgan fingerprint density at radius 1 is 1.26 bits per heavy atom. The van der Waals surface area contributed by atoms with Crippen LogP contribution in [0.5, 0.6) is 17.2 Å². The van der Waals surface area contributed by atoms with E-state index in [2.05, 4.69) is 5.32 Å². The van der Waals surface area contributed by atoms with E-state index in [4.69, 9.17) is 14.2 Å². The Kier molecular flexibility index (Phi) is 4.37. The number of methoxy groups -OCH3 is 1. The van der Waals surface area contributed by atoms with E-state index in [1.165, 1.54) is 0 Å². The minimum atomic E-state index is -0.509. The van der Waals surface area contributed by atoms with Gasteiger partial charge in [-0.2, -0.15) is 0 Å². The molecule has 0 spiro atoms. The maximum atomic E-state index is 12.4. The lowest BCUT2D eigenvalue weighted by Gasteiger charge is -2.14. The van der Waals surface area contributed by atoms with Crippen molar-refractivity contribution < 1.29 is 19.0 Å². The molecule has 0 aliphatic carbocycles. The average molecular weight is 313 g/mol. The Hall–Kier alpha value is -2.69. The summed E-state index contributed by atoms with van der Waals surface area (Å²) in [6, 6.07) is 13.0. The van der Waals surface area contributed by atoms with E-state index in [9.17, 15) is 4.79 Å². The molecule has 1 aliphatic heterocycles. The number of amides is 1. The van der Waals surface area contributed by atoms with Crippen LogP contribution in [0, 0.1) is 0 Å². The Morgan fingerprint density at radius 3 is 2.83 bits per heavy atom. The number of fused-ring (bicyclic) bond motifs is 1. The van der Waals surface area contributed by atoms with Gasteiger partial charge in [0.05, 0.1) is 13.7 Å². The molecule has 0 saturated carbocycles. The second-order valence-corrected chi connectivity index (χ2v) is 5.21. The molecule has 3 rings (SSSR count). The van der Waals surface area contributed by atoms with Gasteiger partial charge in [-0.1, -0.05) is 18.2 Å². The third-order valence-electron chi connectivity index (χ3n) is 3.67. The van der Waals surface area contributed by atoms with Crippen LogP contribution in [0.15, 0.2) is 42.5 Å². The topological polar surface area (TPSA) is 56.8 Å². The molecule has 120 valence electrons. The van der Waals surface area contributed by atoms with Crippen molar-refractivity contribution in [3.05, 3.63) is 48.0 Å². The van der Waals surface area contributed by atoms with E-state index < -0.39 is 6.10 Å². The minimum absolute atomic E-state index is 0.174. The highest BCUT2D eigenvalue weighted by Crippen LogP contribution is 2.31. The van der Waals surface area contributed by atoms with E-state index in [0.717, 1.165) is 11.3 Å². The lowest BCUT2D eigenvalue weighted by molar-refractivity contribution is -0.122. The van der Waals surface area contributed by atoms with Crippen molar-refractivity contribution in [2.24, 2.45) is 0 Å². The molecular formula is C18H19NO4. The second-order valence-electron chi connectivity index (χ2n) is 5.21. The molecule has 0 bridgehead atoms. The summed E-state index contributed by atoms with van der Waals surface area (Å²) >= 11 is 0. The first kappa shape index (κ1) is 15.2. The molecule has 1 amide bonds. The molecule has 0 radical (unpaired) electrons. The fourth-order valence-electron chi connectivity index (χ4n) is 2.57. The third kappa shape index (κ3) is 3.23. The molecule has 0 saturated heterocycles. The molecule has 0 unspecified atom stereocenters. The van der Waals surface area contributed by atoms with Crippen molar-refractivity contribution >= 4 is 11.6 Å². The van der Waals surface area contributed by atoms with E-state index >= 15 is 0 Å². The highest BCUT2D eigenvalue weighted by atomic mass is 16.5. The van der Waals surface area contributed by atoms with Crippen molar-refractivity contribution in [3.63, 3.8) is 0 Å². The second kappa shape index (κ2) is 6.60. The molecule has 1 heterocycles. The normalized spacial score (nSPS) is 15.5. The number of anilines is 1. The fraction of sp³-hybridized carbons (Fsp3) is 0.278. The number of ether oxygens (including phenoxy) is 3. The van der Waals surface area contributed by atoms with Crippen LogP contribution in [-0.2, 0) is 11.2 Å². The van der Waals surface area contributed by atoms with Crippen molar-refractivity contribution in [2.75, 3.05) is 19.0 Å². The highest BCUT2D eigenvalue weighted by Gasteiger charge is 2.28. The van der Waals surface area contributed by atoms with Gasteiger partial charge in [0.2, 0.25) is 0 Å². The van der Waals surface area contributed by atoms with E-state index in [1.807, 2.05) is 31.2 Å². The summed E-state index contributed by atoms with van der Waals surface area (Å²) in [6.45, 7) is 2.46. The standard InChI is InChI=1S/C18H19NO4/c1-3-22-15-9-8-13(11-16(15)21-2)19-18(20)17-10-12-6-4-5-7-14(12)23-17/h4-9,11,17H,3,10H2,1-2H3,(H,19,20)/t17-/m1/s1. The molecule has 2 aromatic rings. The lowest BCUT2D eigenvalue weighted by Crippen LogP contribution is -2.31. The van der Waals surface area contributed by atoms with Crippen LogP contribution >= 0.6 is 0 Å². The first-order valence-corrected chi connectivity index (χ1v) is 7.57. The first-order valence-electron chi connectivity index (χ1n) is 7.57. The Bertz CT molecular complexity index is 689. The zero-order valence-electron chi connectivity index (χ0n) is 13.2. The van der Waals surface area contributed by atoms with Crippen LogP contribution in [0.4, 0.5) is 5.69 Å². The van der Waals surface area contributed by atoms with Crippen LogP contribution in [-0.4, -0.2) is 25.7 Å². The summed E-state index contributed by atoms with van der Waals surface area (Å²) in [5.41, 5.74) is 1.70. The zero-order valence-corrected chi connectivity index (χ0v) is 13.2. The van der Waals surface area contributed by atoms with Crippen molar-refractivity contribution in [2.45, 2.75) is 19.4 Å². The number of para-hydroxylation sites is 1. The van der Waals surface area contributed by atoms with Gasteiger partial charge in [-0.25, -0.2) is 0 Å². The molecular weight excluding hydrogens is 294 g/mol. The molecule has 0 aromatic heterocycles. The van der Waals surface area contributed by atoms with Gasteiger partial charge >= 0.3 is 0 Å². The van der Waals surface area contributed by atoms with Crippen LogP contribution in [0.1, 0.15) is 12.5 Å². The summed E-state index contributed by atoms with van der Waals surface area (Å²) in [5, 5.41) is 2.86. The summed E-state index contributed by atoms with van der Waals surface area (Å²) in [4.78, 5) is 12.4. The van der Waals surface area contributed by atoms with Gasteiger partial charge in [-0.05, 0) is 30.7 Å². The molecule has 5 heteroatoms. The van der Waals surface area contributed by atoms with Crippen LogP contribution < -0.4 is 19.5 Å². The number of carbonyl (C=O) groups is 1. The molecule has 1 aliphatic rings. The van der Waals surface area contributed by atoms with E-state index in [0.29, 0.717) is 30.2 Å². The fourth-order valence-corrected chi connectivity index (χ4v) is 2.57. The van der Waals surface area contributed by atoms with Gasteiger partial charge in [0.25, 0.3) is 5.91 Å². The number of hydrogen-bond acceptors (Lipinski definition) is 4. The Morgan fingerprint density at radius 2 is 2.09 bits per heavy atom. The van der Waals surface area contributed by atoms with Gasteiger partial charge in [-0.15, -0.1) is 0 Å². The third-order valence-corrected chi connectivity index (χ3v) is 3.67. The predicted molar refractivity (Wildman–Crippen MR) is 87.4 cm³/mol. The van der Waals surface area contributed by atoms with Crippen molar-refractivity contribution in [1.82, 2.24) is 0 Å². The largest absolute Gasteiger partial charge is 0.493 e. The van der Waals surface area contributed by atoms with Gasteiger partial charge in [-0.3, -0.25) is 4.79 Å². The number of carbonyl (C=O) groups excluding carboxylic acids is 1. The van der Waals surface area contributed by atoms with E-state index in [-0.39, 0.29) is 5.91 Å². The summed E-state index contributed by atoms with van der Waals surface area (Å²) in [5.74, 6) is 1.84. The molecule has 2 aromatic carbocycles. The predicted octanol–water partition coefficient (Wildman–Crippen LogP) is 3.04. The molecule has 5 nitrogen and oxygen atoms in total. The van der Waals surface area contributed by atoms with E-state index in [1.54, 1.807) is 25.3 Å². The maximum Gasteiger partial charge on any atom is 0.265 e. The molecule has 1 atom stereocenters. The number of benzene rings is 2. The number of nitrogens with one attached hydrogen (secondary N) is 1. The molecule has 23 heavy (non-hydrogen) atoms. The zero-order chi connectivity index (χ0) is 16.2. The Labute approximate surface area is 135 Å². The molecule has 0 fully saturated rings. The van der Waals surface area contributed by atoms with Gasteiger partial charge in [0, 0.05) is 18.2 Å². The number of hydrogen-bond donors (Lipinski definition) is 1. The SMILES string of the molecule is CCOc1ccc(NC(=O)[C@H]2Cc3ccccc3O2)cc1OC. The monoisotopic (exact) mass is 313 g/mol. The van der Waals surface area contributed by atoms with Gasteiger partial charge in [0.15, 0.2) is 17.6 Å². The van der Waals surface area contributed by atoms with Crippen LogP contribution in [0.3, 0.4) is 0 Å². The minimum Gasteiger partial charge on any atom is -0.493 e. The average Bonchev–Trinajstić information content (AvgIpc) is 3.00. The lowest BCUT2D eigenvalue weighted by atomic mass is 10.1. The highest BCUT2D eigenvalue weighted by molar-refractivity contribution is 5.95. The quantitative estimate of drug-likeness (QED) is 0.922. The number of rotatable bonds is 5. The summed E-state index contributed by atoms with van der Waals surface area (Å²) in [6.07, 6.45) is 0.0702. The van der Waals surface area contributed by atoms with Crippen LogP contribution in [0.25, 0.3) is 0 Å². The summed E-state index contributed by atoms with van der Waals surface area (Å²) in [7, 11) is 1.57. The van der Waals surface area contributed by atoms with Gasteiger partial charge in [0.1, 0.15) is 5.75 Å². The van der Waals surface area contributed by atoms with Gasteiger partial charge < -0.3 is 19.5 Å². The summed E-state index contributed by atoms with van der Waals surface area (Å²) < 4.78 is 16.4.